The van der Waals surface area contributed by atoms with Crippen LogP contribution in [-0.2, 0) is 22.6 Å². The molecule has 1 saturated heterocycles. The van der Waals surface area contributed by atoms with E-state index in [2.05, 4.69) is 22.8 Å². The van der Waals surface area contributed by atoms with Crippen molar-refractivity contribution in [2.45, 2.75) is 44.8 Å². The number of anilines is 1. The van der Waals surface area contributed by atoms with Crippen LogP contribution in [0.2, 0.25) is 0 Å². The van der Waals surface area contributed by atoms with Crippen molar-refractivity contribution in [3.8, 4) is 0 Å². The minimum atomic E-state index is -0.391. The molecule has 0 aliphatic carbocycles. The summed E-state index contributed by atoms with van der Waals surface area (Å²) >= 11 is 0. The van der Waals surface area contributed by atoms with E-state index < -0.39 is 6.04 Å². The van der Waals surface area contributed by atoms with Crippen LogP contribution in [0.5, 0.6) is 0 Å². The Bertz CT molecular complexity index is 853. The van der Waals surface area contributed by atoms with Crippen molar-refractivity contribution < 1.29 is 9.59 Å². The predicted molar refractivity (Wildman–Crippen MR) is 113 cm³/mol. The Kier molecular flexibility index (Phi) is 6.37. The SMILES string of the molecule is Cc1ccc(NC(=O)[C@@H]2CCCN2C(=O)[C@@H]2Cc3ccccc3CN2)cc1.Cl. The second kappa shape index (κ2) is 8.76. The Hall–Kier alpha value is -2.37. The summed E-state index contributed by atoms with van der Waals surface area (Å²) in [7, 11) is 0. The number of aryl methyl sites for hydroxylation is 1. The molecule has 0 bridgehead atoms. The molecule has 0 saturated carbocycles. The summed E-state index contributed by atoms with van der Waals surface area (Å²) in [6.07, 6.45) is 2.26. The number of fused-ring (bicyclic) bond motifs is 1. The van der Waals surface area contributed by atoms with Gasteiger partial charge in [0.2, 0.25) is 11.8 Å². The van der Waals surface area contributed by atoms with Gasteiger partial charge in [0.25, 0.3) is 0 Å². The zero-order valence-electron chi connectivity index (χ0n) is 16.0. The Morgan fingerprint density at radius 2 is 1.79 bits per heavy atom. The summed E-state index contributed by atoms with van der Waals surface area (Å²) in [4.78, 5) is 27.6. The van der Waals surface area contributed by atoms with Crippen molar-refractivity contribution in [1.82, 2.24) is 10.2 Å². The van der Waals surface area contributed by atoms with E-state index in [1.54, 1.807) is 4.90 Å². The van der Waals surface area contributed by atoms with Crippen LogP contribution in [0.15, 0.2) is 48.5 Å². The van der Waals surface area contributed by atoms with Gasteiger partial charge in [-0.05, 0) is 49.4 Å². The molecule has 2 aliphatic rings. The standard InChI is InChI=1S/C22H25N3O2.ClH/c1-15-8-10-18(11-9-15)24-21(26)20-7-4-12-25(20)22(27)19-13-16-5-2-3-6-17(16)14-23-19;/h2-3,5-6,8-11,19-20,23H,4,7,12-14H2,1H3,(H,24,26);1H/t19-,20-;/m0./s1. The Morgan fingerprint density at radius 1 is 1.07 bits per heavy atom. The first-order valence-electron chi connectivity index (χ1n) is 9.60. The molecule has 0 radical (unpaired) electrons. The van der Waals surface area contributed by atoms with Crippen LogP contribution in [-0.4, -0.2) is 35.3 Å². The molecule has 2 aromatic rings. The minimum Gasteiger partial charge on any atom is -0.329 e. The Balaban J connectivity index is 0.00000225. The maximum absolute atomic E-state index is 13.1. The van der Waals surface area contributed by atoms with Crippen molar-refractivity contribution in [2.75, 3.05) is 11.9 Å². The van der Waals surface area contributed by atoms with Gasteiger partial charge < -0.3 is 15.5 Å². The molecule has 2 atom stereocenters. The third-order valence-electron chi connectivity index (χ3n) is 5.54. The lowest BCUT2D eigenvalue weighted by molar-refractivity contribution is -0.138. The number of carbonyl (C=O) groups excluding carboxylic acids is 2. The third kappa shape index (κ3) is 4.21. The monoisotopic (exact) mass is 399 g/mol. The fourth-order valence-electron chi connectivity index (χ4n) is 3.99. The molecule has 148 valence electrons. The van der Waals surface area contributed by atoms with Crippen LogP contribution in [0.25, 0.3) is 0 Å². The van der Waals surface area contributed by atoms with Gasteiger partial charge in [-0.3, -0.25) is 9.59 Å². The van der Waals surface area contributed by atoms with Crippen molar-refractivity contribution in [1.29, 1.82) is 0 Å². The zero-order chi connectivity index (χ0) is 18.8. The maximum Gasteiger partial charge on any atom is 0.247 e. The van der Waals surface area contributed by atoms with Gasteiger partial charge >= 0.3 is 0 Å². The van der Waals surface area contributed by atoms with E-state index in [1.807, 2.05) is 43.3 Å². The van der Waals surface area contributed by atoms with Gasteiger partial charge in [0.05, 0.1) is 6.04 Å². The number of likely N-dealkylation sites (tertiary alicyclic amines) is 1. The largest absolute Gasteiger partial charge is 0.329 e. The third-order valence-corrected chi connectivity index (χ3v) is 5.54. The number of hydrogen-bond acceptors (Lipinski definition) is 3. The summed E-state index contributed by atoms with van der Waals surface area (Å²) in [6.45, 7) is 3.35. The molecule has 0 aromatic heterocycles. The highest BCUT2D eigenvalue weighted by Crippen LogP contribution is 2.23. The van der Waals surface area contributed by atoms with E-state index in [-0.39, 0.29) is 30.3 Å². The molecule has 1 fully saturated rings. The van der Waals surface area contributed by atoms with Crippen LogP contribution in [0.4, 0.5) is 5.69 Å². The van der Waals surface area contributed by atoms with Crippen LogP contribution < -0.4 is 10.6 Å². The smallest absolute Gasteiger partial charge is 0.247 e. The van der Waals surface area contributed by atoms with Gasteiger partial charge in [0.1, 0.15) is 6.04 Å². The number of amides is 2. The van der Waals surface area contributed by atoms with E-state index in [0.29, 0.717) is 25.9 Å². The number of rotatable bonds is 3. The molecule has 2 aliphatic heterocycles. The molecule has 28 heavy (non-hydrogen) atoms. The summed E-state index contributed by atoms with van der Waals surface area (Å²) in [5.41, 5.74) is 4.38. The number of nitrogens with one attached hydrogen (secondary N) is 2. The average molecular weight is 400 g/mol. The first kappa shape index (κ1) is 20.4. The summed E-state index contributed by atoms with van der Waals surface area (Å²) in [6, 6.07) is 15.3. The number of hydrogen-bond donors (Lipinski definition) is 2. The second-order valence-corrected chi connectivity index (χ2v) is 7.45. The normalized spacial score (nSPS) is 20.8. The first-order valence-corrected chi connectivity index (χ1v) is 9.60. The first-order chi connectivity index (χ1) is 13.1. The van der Waals surface area contributed by atoms with E-state index in [0.717, 1.165) is 17.7 Å². The minimum absolute atomic E-state index is 0. The van der Waals surface area contributed by atoms with Gasteiger partial charge in [-0.15, -0.1) is 12.4 Å². The molecular formula is C22H26ClN3O2. The Labute approximate surface area is 171 Å². The van der Waals surface area contributed by atoms with Crippen molar-refractivity contribution in [3.05, 3.63) is 65.2 Å². The molecular weight excluding hydrogens is 374 g/mol. The van der Waals surface area contributed by atoms with Crippen LogP contribution in [0.1, 0.15) is 29.5 Å². The van der Waals surface area contributed by atoms with Crippen molar-refractivity contribution >= 4 is 29.9 Å². The summed E-state index contributed by atoms with van der Waals surface area (Å²) in [5, 5.41) is 6.31. The lowest BCUT2D eigenvalue weighted by atomic mass is 9.95. The van der Waals surface area contributed by atoms with E-state index in [9.17, 15) is 9.59 Å². The van der Waals surface area contributed by atoms with Crippen LogP contribution >= 0.6 is 12.4 Å². The number of benzene rings is 2. The molecule has 2 amide bonds. The van der Waals surface area contributed by atoms with Crippen LogP contribution in [0.3, 0.4) is 0 Å². The van der Waals surface area contributed by atoms with Crippen LogP contribution in [0, 0.1) is 6.92 Å². The van der Waals surface area contributed by atoms with E-state index in [4.69, 9.17) is 0 Å². The molecule has 6 heteroatoms. The molecule has 0 spiro atoms. The molecule has 2 aromatic carbocycles. The molecule has 4 rings (SSSR count). The maximum atomic E-state index is 13.1. The number of nitrogens with zero attached hydrogens (tertiary/aromatic N) is 1. The lowest BCUT2D eigenvalue weighted by Gasteiger charge is -2.31. The van der Waals surface area contributed by atoms with Gasteiger partial charge in [-0.1, -0.05) is 42.0 Å². The lowest BCUT2D eigenvalue weighted by Crippen LogP contribution is -2.53. The fourth-order valence-corrected chi connectivity index (χ4v) is 3.99. The zero-order valence-corrected chi connectivity index (χ0v) is 16.8. The molecule has 2 heterocycles. The predicted octanol–water partition coefficient (Wildman–Crippen LogP) is 3.06. The summed E-state index contributed by atoms with van der Waals surface area (Å²) in [5.74, 6) is -0.0630. The molecule has 0 unspecified atom stereocenters. The fraction of sp³-hybridized carbons (Fsp3) is 0.364. The van der Waals surface area contributed by atoms with Gasteiger partial charge in [-0.25, -0.2) is 0 Å². The van der Waals surface area contributed by atoms with E-state index >= 15 is 0 Å². The van der Waals surface area contributed by atoms with Gasteiger partial charge in [0.15, 0.2) is 0 Å². The highest BCUT2D eigenvalue weighted by molar-refractivity contribution is 5.98. The number of carbonyl (C=O) groups is 2. The highest BCUT2D eigenvalue weighted by Gasteiger charge is 2.38. The van der Waals surface area contributed by atoms with Crippen molar-refractivity contribution in [2.24, 2.45) is 0 Å². The number of halogens is 1. The summed E-state index contributed by atoms with van der Waals surface area (Å²) < 4.78 is 0. The second-order valence-electron chi connectivity index (χ2n) is 7.45. The van der Waals surface area contributed by atoms with Gasteiger partial charge in [-0.2, -0.15) is 0 Å². The van der Waals surface area contributed by atoms with E-state index in [1.165, 1.54) is 11.1 Å². The average Bonchev–Trinajstić information content (AvgIpc) is 3.19. The Morgan fingerprint density at radius 3 is 2.54 bits per heavy atom. The molecule has 2 N–H and O–H groups in total. The van der Waals surface area contributed by atoms with Crippen molar-refractivity contribution in [3.63, 3.8) is 0 Å². The molecule has 5 nitrogen and oxygen atoms in total. The topological polar surface area (TPSA) is 61.4 Å². The van der Waals surface area contributed by atoms with Gasteiger partial charge in [0, 0.05) is 18.8 Å². The quantitative estimate of drug-likeness (QED) is 0.833. The highest BCUT2D eigenvalue weighted by atomic mass is 35.5.